The van der Waals surface area contributed by atoms with Crippen LogP contribution < -0.4 is 10.6 Å². The maximum absolute atomic E-state index is 13.0. The van der Waals surface area contributed by atoms with Crippen molar-refractivity contribution in [2.75, 3.05) is 31.6 Å². The number of hydrogen-bond acceptors (Lipinski definition) is 4. The van der Waals surface area contributed by atoms with Crippen LogP contribution in [0, 0.1) is 0 Å². The fraction of sp³-hybridized carbons (Fsp3) is 0.286. The maximum atomic E-state index is 13.0. The molecule has 0 radical (unpaired) electrons. The average Bonchev–Trinajstić information content (AvgIpc) is 3.17. The van der Waals surface area contributed by atoms with Crippen LogP contribution in [0.5, 0.6) is 0 Å². The molecule has 1 atom stereocenters. The van der Waals surface area contributed by atoms with Gasteiger partial charge in [-0.25, -0.2) is 9.78 Å². The Hall–Kier alpha value is -3.39. The Kier molecular flexibility index (Phi) is 5.71. The molecule has 3 N–H and O–H groups in total. The summed E-state index contributed by atoms with van der Waals surface area (Å²) < 4.78 is 5.29. The van der Waals surface area contributed by atoms with E-state index in [-0.39, 0.29) is 11.9 Å². The number of H-pyrrole nitrogens is 1. The highest BCUT2D eigenvalue weighted by molar-refractivity contribution is 5.97. The van der Waals surface area contributed by atoms with Gasteiger partial charge in [0.25, 0.3) is 0 Å². The van der Waals surface area contributed by atoms with Crippen LogP contribution in [-0.2, 0) is 16.0 Å². The number of rotatable bonds is 5. The number of aromatic nitrogens is 2. The average molecular weight is 393 g/mol. The van der Waals surface area contributed by atoms with Gasteiger partial charge >= 0.3 is 6.03 Å². The van der Waals surface area contributed by atoms with Crippen molar-refractivity contribution in [1.29, 1.82) is 0 Å². The van der Waals surface area contributed by atoms with Gasteiger partial charge in [0.15, 0.2) is 0 Å². The number of nitrogens with zero attached hydrogens (tertiary/aromatic N) is 2. The topological polar surface area (TPSA) is 99.3 Å². The van der Waals surface area contributed by atoms with Gasteiger partial charge in [0, 0.05) is 19.5 Å². The van der Waals surface area contributed by atoms with Gasteiger partial charge in [-0.3, -0.25) is 10.1 Å². The van der Waals surface area contributed by atoms with Gasteiger partial charge in [-0.05, 0) is 17.7 Å². The van der Waals surface area contributed by atoms with Crippen LogP contribution in [0.15, 0.2) is 54.6 Å². The lowest BCUT2D eigenvalue weighted by Crippen LogP contribution is -2.53. The van der Waals surface area contributed by atoms with Crippen LogP contribution in [0.4, 0.5) is 10.7 Å². The normalized spacial score (nSPS) is 15.1. The molecule has 8 heteroatoms. The van der Waals surface area contributed by atoms with Crippen LogP contribution in [0.3, 0.4) is 0 Å². The zero-order chi connectivity index (χ0) is 20.1. The Morgan fingerprint density at radius 2 is 1.79 bits per heavy atom. The molecular weight excluding hydrogens is 370 g/mol. The first kappa shape index (κ1) is 18.9. The van der Waals surface area contributed by atoms with Crippen molar-refractivity contribution in [2.45, 2.75) is 12.5 Å². The molecule has 0 spiro atoms. The predicted molar refractivity (Wildman–Crippen MR) is 110 cm³/mol. The number of para-hydroxylation sites is 2. The Morgan fingerprint density at radius 3 is 2.55 bits per heavy atom. The van der Waals surface area contributed by atoms with Crippen molar-refractivity contribution in [3.05, 3.63) is 60.2 Å². The van der Waals surface area contributed by atoms with Gasteiger partial charge < -0.3 is 19.9 Å². The lowest BCUT2D eigenvalue weighted by Gasteiger charge is -2.29. The molecule has 1 saturated heterocycles. The molecule has 1 fully saturated rings. The number of nitrogens with one attached hydrogen (secondary N) is 3. The molecule has 1 aliphatic rings. The Labute approximate surface area is 168 Å². The number of aromatic amines is 1. The van der Waals surface area contributed by atoms with E-state index in [2.05, 4.69) is 20.6 Å². The molecule has 3 aromatic rings. The molecule has 29 heavy (non-hydrogen) atoms. The zero-order valence-electron chi connectivity index (χ0n) is 15.9. The molecule has 4 rings (SSSR count). The van der Waals surface area contributed by atoms with Crippen molar-refractivity contribution in [2.24, 2.45) is 0 Å². The van der Waals surface area contributed by atoms with E-state index in [9.17, 15) is 9.59 Å². The second-order valence-corrected chi connectivity index (χ2v) is 6.88. The summed E-state index contributed by atoms with van der Waals surface area (Å²) >= 11 is 0. The van der Waals surface area contributed by atoms with Crippen LogP contribution in [0.1, 0.15) is 5.56 Å². The number of fused-ring (bicyclic) bond motifs is 1. The van der Waals surface area contributed by atoms with Crippen LogP contribution in [0.25, 0.3) is 11.0 Å². The monoisotopic (exact) mass is 393 g/mol. The van der Waals surface area contributed by atoms with Crippen LogP contribution in [0.2, 0.25) is 0 Å². The third-order valence-corrected chi connectivity index (χ3v) is 4.83. The van der Waals surface area contributed by atoms with Gasteiger partial charge in [0.1, 0.15) is 6.04 Å². The smallest absolute Gasteiger partial charge is 0.318 e. The highest BCUT2D eigenvalue weighted by Crippen LogP contribution is 2.14. The lowest BCUT2D eigenvalue weighted by molar-refractivity contribution is -0.118. The van der Waals surface area contributed by atoms with E-state index in [0.717, 1.165) is 16.6 Å². The number of ether oxygens (including phenoxy) is 1. The molecule has 1 aliphatic heterocycles. The van der Waals surface area contributed by atoms with Crippen molar-refractivity contribution in [1.82, 2.24) is 20.2 Å². The minimum absolute atomic E-state index is 0.269. The second kappa shape index (κ2) is 8.74. The molecule has 1 aromatic heterocycles. The van der Waals surface area contributed by atoms with E-state index in [1.807, 2.05) is 54.6 Å². The highest BCUT2D eigenvalue weighted by atomic mass is 16.5. The van der Waals surface area contributed by atoms with Crippen molar-refractivity contribution < 1.29 is 14.3 Å². The van der Waals surface area contributed by atoms with Crippen LogP contribution in [-0.4, -0.2) is 59.2 Å². The summed E-state index contributed by atoms with van der Waals surface area (Å²) in [7, 11) is 0. The van der Waals surface area contributed by atoms with Gasteiger partial charge in [-0.1, -0.05) is 42.5 Å². The number of hydrogen-bond donors (Lipinski definition) is 3. The number of morpholine rings is 1. The third-order valence-electron chi connectivity index (χ3n) is 4.83. The number of imidazole rings is 1. The predicted octanol–water partition coefficient (Wildman–Crippen LogP) is 2.15. The molecule has 8 nitrogen and oxygen atoms in total. The van der Waals surface area contributed by atoms with Crippen molar-refractivity contribution in [3.8, 4) is 0 Å². The summed E-state index contributed by atoms with van der Waals surface area (Å²) in [6, 6.07) is 16.1. The first-order valence-corrected chi connectivity index (χ1v) is 9.62. The summed E-state index contributed by atoms with van der Waals surface area (Å²) in [5.41, 5.74) is 2.55. The summed E-state index contributed by atoms with van der Waals surface area (Å²) in [5, 5.41) is 5.66. The molecule has 0 aliphatic carbocycles. The molecule has 3 amide bonds. The summed E-state index contributed by atoms with van der Waals surface area (Å²) in [6.45, 7) is 2.02. The quantitative estimate of drug-likeness (QED) is 0.618. The molecular formula is C21H23N5O3. The van der Waals surface area contributed by atoms with E-state index in [1.165, 1.54) is 0 Å². The fourth-order valence-corrected chi connectivity index (χ4v) is 3.28. The summed E-state index contributed by atoms with van der Waals surface area (Å²) in [6.07, 6.45) is 0.378. The van der Waals surface area contributed by atoms with E-state index >= 15 is 0 Å². The summed E-state index contributed by atoms with van der Waals surface area (Å²) in [4.78, 5) is 34.8. The Morgan fingerprint density at radius 1 is 1.07 bits per heavy atom. The van der Waals surface area contributed by atoms with Crippen molar-refractivity contribution >= 4 is 28.9 Å². The molecule has 150 valence electrons. The molecule has 2 heterocycles. The fourth-order valence-electron chi connectivity index (χ4n) is 3.28. The molecule has 1 unspecified atom stereocenters. The minimum Gasteiger partial charge on any atom is -0.378 e. The number of carbonyl (C=O) groups excluding carboxylic acids is 2. The molecule has 0 saturated carbocycles. The van der Waals surface area contributed by atoms with Gasteiger partial charge in [0.2, 0.25) is 11.9 Å². The lowest BCUT2D eigenvalue weighted by atomic mass is 10.1. The van der Waals surface area contributed by atoms with E-state index in [4.69, 9.17) is 4.74 Å². The zero-order valence-corrected chi connectivity index (χ0v) is 15.9. The van der Waals surface area contributed by atoms with Gasteiger partial charge in [-0.2, -0.15) is 0 Å². The van der Waals surface area contributed by atoms with E-state index in [1.54, 1.807) is 4.90 Å². The largest absolute Gasteiger partial charge is 0.378 e. The minimum atomic E-state index is -0.735. The first-order valence-electron chi connectivity index (χ1n) is 9.62. The highest BCUT2D eigenvalue weighted by Gasteiger charge is 2.25. The number of urea groups is 1. The summed E-state index contributed by atoms with van der Waals surface area (Å²) in [5.74, 6) is 0.0319. The first-order chi connectivity index (χ1) is 14.2. The van der Waals surface area contributed by atoms with E-state index < -0.39 is 6.04 Å². The van der Waals surface area contributed by atoms with Gasteiger partial charge in [0.05, 0.1) is 24.2 Å². The standard InChI is InChI=1S/C21H23N5O3/c27-19(25-20-22-16-8-4-5-9-17(16)23-20)18(14-15-6-2-1-3-7-15)24-21(28)26-10-12-29-13-11-26/h1-9,18H,10-14H2,(H,24,28)(H2,22,23,25,27). The third kappa shape index (κ3) is 4.72. The number of anilines is 1. The number of amides is 3. The number of carbonyl (C=O) groups is 2. The van der Waals surface area contributed by atoms with Crippen molar-refractivity contribution in [3.63, 3.8) is 0 Å². The van der Waals surface area contributed by atoms with Crippen LogP contribution >= 0.6 is 0 Å². The molecule has 2 aromatic carbocycles. The maximum Gasteiger partial charge on any atom is 0.318 e. The molecule has 0 bridgehead atoms. The van der Waals surface area contributed by atoms with E-state index in [0.29, 0.717) is 38.7 Å². The Bertz CT molecular complexity index is 949. The Balaban J connectivity index is 1.49. The number of benzene rings is 2. The second-order valence-electron chi connectivity index (χ2n) is 6.88. The van der Waals surface area contributed by atoms with Gasteiger partial charge in [-0.15, -0.1) is 0 Å². The SMILES string of the molecule is O=C(Nc1nc2ccccc2[nH]1)C(Cc1ccccc1)NC(=O)N1CCOCC1.